The second kappa shape index (κ2) is 5.08. The molecule has 13 heavy (non-hydrogen) atoms. The molecule has 0 heterocycles. The zero-order valence-corrected chi connectivity index (χ0v) is 8.93. The predicted molar refractivity (Wildman–Crippen MR) is 60.0 cm³/mol. The molecule has 0 bridgehead atoms. The van der Waals surface area contributed by atoms with E-state index in [4.69, 9.17) is 11.6 Å². The third kappa shape index (κ3) is 2.60. The van der Waals surface area contributed by atoms with Gasteiger partial charge in [0.15, 0.2) is 0 Å². The normalized spacial score (nSPS) is 11.8. The molecule has 0 saturated carbocycles. The Morgan fingerprint density at radius 2 is 2.00 bits per heavy atom. The molecule has 1 rings (SSSR count). The zero-order valence-electron chi connectivity index (χ0n) is 8.18. The molecule has 1 heteroatoms. The Bertz CT molecular complexity index is 300. The molecule has 0 nitrogen and oxygen atoms in total. The van der Waals surface area contributed by atoms with Gasteiger partial charge in [-0.05, 0) is 30.0 Å². The largest absolute Gasteiger partial charge is 0.0837 e. The first-order valence-electron chi connectivity index (χ1n) is 4.73. The summed E-state index contributed by atoms with van der Waals surface area (Å²) in [6, 6.07) is 8.01. The fourth-order valence-corrected chi connectivity index (χ4v) is 1.67. The molecule has 0 aliphatic carbocycles. The summed E-state index contributed by atoms with van der Waals surface area (Å²) < 4.78 is 0. The second-order valence-corrected chi connectivity index (χ2v) is 3.38. The highest BCUT2D eigenvalue weighted by molar-refractivity contribution is 6.32. The van der Waals surface area contributed by atoms with Crippen molar-refractivity contribution in [2.75, 3.05) is 0 Å². The van der Waals surface area contributed by atoms with Crippen LogP contribution < -0.4 is 0 Å². The molecule has 0 atom stereocenters. The lowest BCUT2D eigenvalue weighted by Gasteiger charge is -2.06. The highest BCUT2D eigenvalue weighted by atomic mass is 35.5. The van der Waals surface area contributed by atoms with Crippen LogP contribution in [0.3, 0.4) is 0 Å². The highest BCUT2D eigenvalue weighted by Gasteiger charge is 2.02. The number of allylic oxidation sites excluding steroid dienone is 2. The van der Waals surface area contributed by atoms with Gasteiger partial charge in [-0.2, -0.15) is 0 Å². The number of hydrogen-bond donors (Lipinski definition) is 0. The van der Waals surface area contributed by atoms with Gasteiger partial charge in [0.1, 0.15) is 0 Å². The van der Waals surface area contributed by atoms with Crippen LogP contribution in [0.2, 0.25) is 5.02 Å². The Kier molecular flexibility index (Phi) is 4.04. The minimum absolute atomic E-state index is 0.851. The lowest BCUT2D eigenvalue weighted by molar-refractivity contribution is 1.17. The monoisotopic (exact) mass is 194 g/mol. The zero-order chi connectivity index (χ0) is 9.68. The predicted octanol–water partition coefficient (Wildman–Crippen LogP) is 4.54. The van der Waals surface area contributed by atoms with Crippen LogP contribution in [-0.4, -0.2) is 0 Å². The lowest BCUT2D eigenvalue weighted by atomic mass is 10.0. The van der Waals surface area contributed by atoms with E-state index in [9.17, 15) is 0 Å². The minimum atomic E-state index is 0.851. The number of rotatable bonds is 3. The summed E-state index contributed by atoms with van der Waals surface area (Å²) in [5, 5.41) is 0.851. The van der Waals surface area contributed by atoms with Crippen molar-refractivity contribution in [3.05, 3.63) is 40.9 Å². The van der Waals surface area contributed by atoms with Crippen molar-refractivity contribution in [2.24, 2.45) is 0 Å². The maximum absolute atomic E-state index is 6.09. The van der Waals surface area contributed by atoms with Gasteiger partial charge in [0, 0.05) is 5.02 Å². The summed E-state index contributed by atoms with van der Waals surface area (Å²) in [4.78, 5) is 0. The van der Waals surface area contributed by atoms with Crippen LogP contribution in [-0.2, 0) is 0 Å². The van der Waals surface area contributed by atoms with Crippen molar-refractivity contribution >= 4 is 17.2 Å². The molecule has 0 unspecified atom stereocenters. The Labute approximate surface area is 85.2 Å². The first kappa shape index (κ1) is 10.3. The molecule has 0 aliphatic heterocycles. The minimum Gasteiger partial charge on any atom is -0.0837 e. The third-order valence-corrected chi connectivity index (χ3v) is 2.38. The highest BCUT2D eigenvalue weighted by Crippen LogP contribution is 2.25. The van der Waals surface area contributed by atoms with Crippen molar-refractivity contribution in [1.29, 1.82) is 0 Å². The van der Waals surface area contributed by atoms with E-state index in [1.807, 2.05) is 18.2 Å². The Balaban J connectivity index is 3.05. The van der Waals surface area contributed by atoms with Gasteiger partial charge >= 0.3 is 0 Å². The van der Waals surface area contributed by atoms with Crippen molar-refractivity contribution in [1.82, 2.24) is 0 Å². The van der Waals surface area contributed by atoms with E-state index in [-0.39, 0.29) is 0 Å². The maximum atomic E-state index is 6.09. The van der Waals surface area contributed by atoms with Crippen LogP contribution in [0.5, 0.6) is 0 Å². The van der Waals surface area contributed by atoms with Crippen LogP contribution in [0.25, 0.3) is 5.57 Å². The van der Waals surface area contributed by atoms with Crippen LogP contribution in [0.4, 0.5) is 0 Å². The van der Waals surface area contributed by atoms with Gasteiger partial charge in [0.25, 0.3) is 0 Å². The van der Waals surface area contributed by atoms with Crippen LogP contribution >= 0.6 is 11.6 Å². The lowest BCUT2D eigenvalue weighted by Crippen LogP contribution is -1.83. The average Bonchev–Trinajstić information content (AvgIpc) is 2.16. The molecular weight excluding hydrogens is 180 g/mol. The summed E-state index contributed by atoms with van der Waals surface area (Å²) in [6.07, 6.45) is 4.34. The van der Waals surface area contributed by atoms with Gasteiger partial charge in [0.05, 0.1) is 0 Å². The summed E-state index contributed by atoms with van der Waals surface area (Å²) >= 11 is 6.09. The van der Waals surface area contributed by atoms with Crippen LogP contribution in [0.1, 0.15) is 32.3 Å². The van der Waals surface area contributed by atoms with Crippen molar-refractivity contribution in [3.63, 3.8) is 0 Å². The topological polar surface area (TPSA) is 0 Å². The molecule has 70 valence electrons. The first-order chi connectivity index (χ1) is 6.29. The molecule has 0 amide bonds. The molecule has 0 spiro atoms. The van der Waals surface area contributed by atoms with Gasteiger partial charge < -0.3 is 0 Å². The quantitative estimate of drug-likeness (QED) is 0.663. The maximum Gasteiger partial charge on any atom is 0.0481 e. The van der Waals surface area contributed by atoms with Crippen LogP contribution in [0.15, 0.2) is 30.3 Å². The van der Waals surface area contributed by atoms with Gasteiger partial charge in [-0.3, -0.25) is 0 Å². The Morgan fingerprint density at radius 3 is 2.54 bits per heavy atom. The van der Waals surface area contributed by atoms with E-state index >= 15 is 0 Å². The summed E-state index contributed by atoms with van der Waals surface area (Å²) in [6.45, 7) is 4.30. The standard InChI is InChI=1S/C12H15Cl/c1-3-7-10(4-2)11-8-5-6-9-12(11)13/h5-9H,3-4H2,1-2H3/b10-7+. The SMILES string of the molecule is CC/C=C(\CC)c1ccccc1Cl. The third-order valence-electron chi connectivity index (χ3n) is 2.05. The summed E-state index contributed by atoms with van der Waals surface area (Å²) in [7, 11) is 0. The van der Waals surface area contributed by atoms with Gasteiger partial charge in [0.2, 0.25) is 0 Å². The van der Waals surface area contributed by atoms with Crippen molar-refractivity contribution in [2.45, 2.75) is 26.7 Å². The molecular formula is C12H15Cl. The summed E-state index contributed by atoms with van der Waals surface area (Å²) in [5.74, 6) is 0. The molecule has 0 aromatic heterocycles. The smallest absolute Gasteiger partial charge is 0.0481 e. The van der Waals surface area contributed by atoms with E-state index in [0.717, 1.165) is 17.9 Å². The molecule has 0 saturated heterocycles. The molecule has 0 aliphatic rings. The average molecular weight is 195 g/mol. The summed E-state index contributed by atoms with van der Waals surface area (Å²) in [5.41, 5.74) is 2.52. The molecule has 0 N–H and O–H groups in total. The molecule has 0 fully saturated rings. The Hall–Kier alpha value is -0.750. The first-order valence-corrected chi connectivity index (χ1v) is 5.11. The van der Waals surface area contributed by atoms with Gasteiger partial charge in [-0.25, -0.2) is 0 Å². The fourth-order valence-electron chi connectivity index (χ4n) is 1.41. The van der Waals surface area contributed by atoms with Gasteiger partial charge in [-0.15, -0.1) is 0 Å². The second-order valence-electron chi connectivity index (χ2n) is 2.97. The molecule has 0 radical (unpaired) electrons. The van der Waals surface area contributed by atoms with E-state index < -0.39 is 0 Å². The number of halogens is 1. The van der Waals surface area contributed by atoms with Crippen molar-refractivity contribution in [3.8, 4) is 0 Å². The molecule has 1 aromatic carbocycles. The number of hydrogen-bond acceptors (Lipinski definition) is 0. The van der Waals surface area contributed by atoms with E-state index in [2.05, 4.69) is 26.0 Å². The number of benzene rings is 1. The Morgan fingerprint density at radius 1 is 1.31 bits per heavy atom. The van der Waals surface area contributed by atoms with Crippen molar-refractivity contribution < 1.29 is 0 Å². The van der Waals surface area contributed by atoms with E-state index in [0.29, 0.717) is 0 Å². The fraction of sp³-hybridized carbons (Fsp3) is 0.333. The van der Waals surface area contributed by atoms with Crippen LogP contribution in [0, 0.1) is 0 Å². The van der Waals surface area contributed by atoms with Gasteiger partial charge in [-0.1, -0.05) is 49.7 Å². The van der Waals surface area contributed by atoms with E-state index in [1.165, 1.54) is 11.1 Å². The molecule has 1 aromatic rings. The van der Waals surface area contributed by atoms with E-state index in [1.54, 1.807) is 0 Å².